The molecule has 0 saturated carbocycles. The van der Waals surface area contributed by atoms with E-state index < -0.39 is 42.0 Å². The van der Waals surface area contributed by atoms with Crippen molar-refractivity contribution < 1.29 is 32.2 Å². The first-order valence-corrected chi connectivity index (χ1v) is 4.98. The van der Waals surface area contributed by atoms with Crippen LogP contribution in [-0.2, 0) is 17.1 Å². The molecular formula is C9H6ClF4NO3. The van der Waals surface area contributed by atoms with Gasteiger partial charge in [-0.25, -0.2) is 4.98 Å². The minimum Gasteiger partial charge on any atom is -0.481 e. The normalized spacial score (nSPS) is 11.4. The second-order valence-electron chi connectivity index (χ2n) is 3.12. The standard InChI is InChI=1S/C9H6ClF4NO3/c10-3-4-5(1-8(16)17)15-7(11)2-6(4)18-9(12,13)14/h2H,1,3H2,(H,16,17). The Kier molecular flexibility index (Phi) is 4.33. The van der Waals surface area contributed by atoms with E-state index in [4.69, 9.17) is 16.7 Å². The lowest BCUT2D eigenvalue weighted by molar-refractivity contribution is -0.275. The minimum atomic E-state index is -5.03. The molecule has 0 fully saturated rings. The van der Waals surface area contributed by atoms with Crippen molar-refractivity contribution in [1.29, 1.82) is 0 Å². The van der Waals surface area contributed by atoms with Crippen molar-refractivity contribution in [2.75, 3.05) is 0 Å². The van der Waals surface area contributed by atoms with Gasteiger partial charge in [-0.15, -0.1) is 24.8 Å². The van der Waals surface area contributed by atoms with Gasteiger partial charge in [0.15, 0.2) is 0 Å². The number of carbonyl (C=O) groups is 1. The van der Waals surface area contributed by atoms with Gasteiger partial charge in [-0.2, -0.15) is 4.39 Å². The molecular weight excluding hydrogens is 282 g/mol. The Labute approximate surface area is 103 Å². The number of aliphatic carboxylic acids is 1. The SMILES string of the molecule is O=C(O)Cc1nc(F)cc(OC(F)(F)F)c1CCl. The monoisotopic (exact) mass is 287 g/mol. The van der Waals surface area contributed by atoms with Crippen molar-refractivity contribution in [2.24, 2.45) is 0 Å². The first kappa shape index (κ1) is 14.5. The number of nitrogens with zero attached hydrogens (tertiary/aromatic N) is 1. The van der Waals surface area contributed by atoms with Crippen LogP contribution >= 0.6 is 11.6 Å². The molecule has 4 nitrogen and oxygen atoms in total. The molecule has 9 heteroatoms. The summed E-state index contributed by atoms with van der Waals surface area (Å²) >= 11 is 5.40. The number of ether oxygens (including phenoxy) is 1. The van der Waals surface area contributed by atoms with Crippen LogP contribution in [-0.4, -0.2) is 22.4 Å². The van der Waals surface area contributed by atoms with Gasteiger partial charge in [-0.05, 0) is 0 Å². The van der Waals surface area contributed by atoms with E-state index in [0.717, 1.165) is 0 Å². The summed E-state index contributed by atoms with van der Waals surface area (Å²) in [5.74, 6) is -4.03. The van der Waals surface area contributed by atoms with Crippen LogP contribution in [0.3, 0.4) is 0 Å². The third kappa shape index (κ3) is 4.02. The highest BCUT2D eigenvalue weighted by Gasteiger charge is 2.33. The van der Waals surface area contributed by atoms with Crippen molar-refractivity contribution in [3.05, 3.63) is 23.3 Å². The Balaban J connectivity index is 3.24. The number of hydrogen-bond donors (Lipinski definition) is 1. The van der Waals surface area contributed by atoms with Crippen LogP contribution in [0.5, 0.6) is 5.75 Å². The van der Waals surface area contributed by atoms with Crippen LogP contribution < -0.4 is 4.74 Å². The molecule has 0 aromatic carbocycles. The molecule has 0 atom stereocenters. The highest BCUT2D eigenvalue weighted by Crippen LogP contribution is 2.30. The van der Waals surface area contributed by atoms with Gasteiger partial charge in [0.1, 0.15) is 5.75 Å². The van der Waals surface area contributed by atoms with Crippen LogP contribution in [0.2, 0.25) is 0 Å². The maximum absolute atomic E-state index is 13.0. The van der Waals surface area contributed by atoms with Gasteiger partial charge in [0.2, 0.25) is 5.95 Å². The topological polar surface area (TPSA) is 59.4 Å². The van der Waals surface area contributed by atoms with Crippen molar-refractivity contribution in [3.8, 4) is 5.75 Å². The number of alkyl halides is 4. The fourth-order valence-corrected chi connectivity index (χ4v) is 1.50. The minimum absolute atomic E-state index is 0.308. The van der Waals surface area contributed by atoms with Gasteiger partial charge >= 0.3 is 12.3 Å². The average Bonchev–Trinajstić information content (AvgIpc) is 2.13. The molecule has 100 valence electrons. The molecule has 1 rings (SSSR count). The van der Waals surface area contributed by atoms with E-state index in [0.29, 0.717) is 6.07 Å². The predicted octanol–water partition coefficient (Wildman–Crippen LogP) is 2.49. The van der Waals surface area contributed by atoms with Gasteiger partial charge in [-0.3, -0.25) is 4.79 Å². The van der Waals surface area contributed by atoms with Gasteiger partial charge < -0.3 is 9.84 Å². The lowest BCUT2D eigenvalue weighted by atomic mass is 10.1. The molecule has 18 heavy (non-hydrogen) atoms. The van der Waals surface area contributed by atoms with E-state index in [1.54, 1.807) is 0 Å². The third-order valence-electron chi connectivity index (χ3n) is 1.82. The second-order valence-corrected chi connectivity index (χ2v) is 3.39. The molecule has 0 aliphatic heterocycles. The zero-order chi connectivity index (χ0) is 13.9. The molecule has 1 N–H and O–H groups in total. The molecule has 0 amide bonds. The summed E-state index contributed by atoms with van der Waals surface area (Å²) in [7, 11) is 0. The van der Waals surface area contributed by atoms with Gasteiger partial charge in [0, 0.05) is 11.6 Å². The molecule has 0 radical (unpaired) electrons. The summed E-state index contributed by atoms with van der Waals surface area (Å²) in [6.07, 6.45) is -5.79. The van der Waals surface area contributed by atoms with E-state index in [1.165, 1.54) is 0 Å². The molecule has 0 aliphatic carbocycles. The number of pyridine rings is 1. The van der Waals surface area contributed by atoms with Gasteiger partial charge in [-0.1, -0.05) is 0 Å². The average molecular weight is 288 g/mol. The first-order valence-electron chi connectivity index (χ1n) is 4.44. The van der Waals surface area contributed by atoms with Crippen LogP contribution in [0.15, 0.2) is 6.07 Å². The summed E-state index contributed by atoms with van der Waals surface area (Å²) < 4.78 is 52.7. The van der Waals surface area contributed by atoms with E-state index in [-0.39, 0.29) is 5.56 Å². The molecule has 1 aromatic rings. The lowest BCUT2D eigenvalue weighted by Crippen LogP contribution is -2.19. The summed E-state index contributed by atoms with van der Waals surface area (Å²) in [6, 6.07) is 0.399. The van der Waals surface area contributed by atoms with Crippen LogP contribution in [0.25, 0.3) is 0 Å². The van der Waals surface area contributed by atoms with E-state index in [9.17, 15) is 22.4 Å². The van der Waals surface area contributed by atoms with Crippen LogP contribution in [0, 0.1) is 5.95 Å². The Hall–Kier alpha value is -1.57. The lowest BCUT2D eigenvalue weighted by Gasteiger charge is -2.14. The van der Waals surface area contributed by atoms with E-state index >= 15 is 0 Å². The van der Waals surface area contributed by atoms with Gasteiger partial charge in [0.05, 0.1) is 18.0 Å². The number of rotatable bonds is 4. The largest absolute Gasteiger partial charge is 0.573 e. The molecule has 0 bridgehead atoms. The van der Waals surface area contributed by atoms with Crippen molar-refractivity contribution >= 4 is 17.6 Å². The smallest absolute Gasteiger partial charge is 0.481 e. The van der Waals surface area contributed by atoms with Crippen LogP contribution in [0.4, 0.5) is 17.6 Å². The number of carboxylic acid groups (broad SMARTS) is 1. The summed E-state index contributed by atoms with van der Waals surface area (Å²) in [6.45, 7) is 0. The van der Waals surface area contributed by atoms with E-state index in [1.807, 2.05) is 0 Å². The van der Waals surface area contributed by atoms with Crippen molar-refractivity contribution in [3.63, 3.8) is 0 Å². The molecule has 0 saturated heterocycles. The first-order chi connectivity index (χ1) is 8.23. The van der Waals surface area contributed by atoms with Crippen LogP contribution in [0.1, 0.15) is 11.3 Å². The van der Waals surface area contributed by atoms with Crippen molar-refractivity contribution in [1.82, 2.24) is 4.98 Å². The van der Waals surface area contributed by atoms with Gasteiger partial charge in [0.25, 0.3) is 0 Å². The van der Waals surface area contributed by atoms with E-state index in [2.05, 4.69) is 9.72 Å². The van der Waals surface area contributed by atoms with Crippen molar-refractivity contribution in [2.45, 2.75) is 18.7 Å². The number of hydrogen-bond acceptors (Lipinski definition) is 3. The maximum Gasteiger partial charge on any atom is 0.573 e. The predicted molar refractivity (Wildman–Crippen MR) is 51.8 cm³/mol. The molecule has 0 spiro atoms. The quantitative estimate of drug-likeness (QED) is 0.525. The summed E-state index contributed by atoms with van der Waals surface area (Å²) in [5.41, 5.74) is -0.713. The Bertz CT molecular complexity index is 464. The Morgan fingerprint density at radius 3 is 2.56 bits per heavy atom. The Morgan fingerprint density at radius 1 is 1.50 bits per heavy atom. The highest BCUT2D eigenvalue weighted by molar-refractivity contribution is 6.17. The molecule has 0 unspecified atom stereocenters. The number of aromatic nitrogens is 1. The number of halogens is 5. The molecule has 0 aliphatic rings. The maximum atomic E-state index is 13.0. The zero-order valence-corrected chi connectivity index (χ0v) is 9.35. The molecule has 1 aromatic heterocycles. The second kappa shape index (κ2) is 5.38. The highest BCUT2D eigenvalue weighted by atomic mass is 35.5. The summed E-state index contributed by atoms with van der Waals surface area (Å²) in [4.78, 5) is 13.7. The number of carboxylic acids is 1. The Morgan fingerprint density at radius 2 is 2.11 bits per heavy atom. The fourth-order valence-electron chi connectivity index (χ4n) is 1.21. The summed E-state index contributed by atoms with van der Waals surface area (Å²) in [5, 5.41) is 8.53. The zero-order valence-electron chi connectivity index (χ0n) is 8.59. The fraction of sp³-hybridized carbons (Fsp3) is 0.333. The third-order valence-corrected chi connectivity index (χ3v) is 2.08. The molecule has 1 heterocycles.